The van der Waals surface area contributed by atoms with E-state index in [-0.39, 0.29) is 19.0 Å². The Morgan fingerprint density at radius 1 is 1.12 bits per heavy atom. The van der Waals surface area contributed by atoms with Gasteiger partial charge in [0.1, 0.15) is 0 Å². The van der Waals surface area contributed by atoms with E-state index in [0.717, 1.165) is 25.9 Å². The zero-order valence-electron chi connectivity index (χ0n) is 14.6. The quantitative estimate of drug-likeness (QED) is 0.835. The van der Waals surface area contributed by atoms with Crippen molar-refractivity contribution in [2.45, 2.75) is 44.1 Å². The van der Waals surface area contributed by atoms with Crippen LogP contribution in [0.4, 0.5) is 18.9 Å². The number of nitrogens with one attached hydrogen (secondary N) is 1. The first-order valence-corrected chi connectivity index (χ1v) is 9.39. The lowest BCUT2D eigenvalue weighted by molar-refractivity contribution is -0.248. The van der Waals surface area contributed by atoms with Gasteiger partial charge in [0.15, 0.2) is 0 Å². The van der Waals surface area contributed by atoms with Crippen LogP contribution in [0.2, 0.25) is 0 Å². The molecule has 3 unspecified atom stereocenters. The molecule has 1 aliphatic carbocycles. The van der Waals surface area contributed by atoms with Gasteiger partial charge in [-0.1, -0.05) is 18.2 Å². The summed E-state index contributed by atoms with van der Waals surface area (Å²) >= 11 is 0. The predicted octanol–water partition coefficient (Wildman–Crippen LogP) is 3.00. The third-order valence-corrected chi connectivity index (χ3v) is 6.19. The standard InChI is InChI=1S/C19H24F3N3O/c20-19(21,22)24-10-4-7-17(24)18(26)25(14-5-2-1-3-6-14)16-9-8-13-11-23-12-15(13)16/h1-3,5-6,13,15-17,23H,4,7-12H2/t13?,15?,16?,17-/m0/s1. The predicted molar refractivity (Wildman–Crippen MR) is 92.6 cm³/mol. The molecule has 0 radical (unpaired) electrons. The Morgan fingerprint density at radius 2 is 1.88 bits per heavy atom. The second-order valence-corrected chi connectivity index (χ2v) is 7.59. The van der Waals surface area contributed by atoms with E-state index < -0.39 is 18.2 Å². The van der Waals surface area contributed by atoms with Gasteiger partial charge >= 0.3 is 6.30 Å². The molecule has 142 valence electrons. The highest BCUT2D eigenvalue weighted by Gasteiger charge is 2.51. The normalized spacial score (nSPS) is 32.0. The fourth-order valence-electron chi connectivity index (χ4n) is 5.00. The summed E-state index contributed by atoms with van der Waals surface area (Å²) in [7, 11) is 0. The van der Waals surface area contributed by atoms with Gasteiger partial charge in [-0.3, -0.25) is 4.79 Å². The molecule has 3 aliphatic rings. The topological polar surface area (TPSA) is 35.6 Å². The summed E-state index contributed by atoms with van der Waals surface area (Å²) < 4.78 is 40.1. The minimum absolute atomic E-state index is 0.0272. The van der Waals surface area contributed by atoms with E-state index in [1.165, 1.54) is 0 Å². The van der Waals surface area contributed by atoms with E-state index in [2.05, 4.69) is 5.32 Å². The van der Waals surface area contributed by atoms with Crippen molar-refractivity contribution in [1.29, 1.82) is 0 Å². The number of carbonyl (C=O) groups is 1. The zero-order chi connectivity index (χ0) is 18.3. The largest absolute Gasteiger partial charge is 0.460 e. The molecule has 0 aromatic heterocycles. The first kappa shape index (κ1) is 17.8. The monoisotopic (exact) mass is 367 g/mol. The van der Waals surface area contributed by atoms with Crippen molar-refractivity contribution in [3.63, 3.8) is 0 Å². The van der Waals surface area contributed by atoms with Gasteiger partial charge < -0.3 is 10.2 Å². The molecule has 1 N–H and O–H groups in total. The summed E-state index contributed by atoms with van der Waals surface area (Å²) in [6, 6.07) is 8.07. The Hall–Kier alpha value is -1.60. The Balaban J connectivity index is 1.66. The minimum Gasteiger partial charge on any atom is -0.316 e. The molecule has 2 saturated heterocycles. The van der Waals surface area contributed by atoms with Crippen molar-refractivity contribution in [2.24, 2.45) is 11.8 Å². The smallest absolute Gasteiger partial charge is 0.316 e. The average Bonchev–Trinajstić information content (AvgIpc) is 3.33. The van der Waals surface area contributed by atoms with Crippen LogP contribution in [0.1, 0.15) is 25.7 Å². The minimum atomic E-state index is -4.47. The molecule has 26 heavy (non-hydrogen) atoms. The number of halogens is 3. The van der Waals surface area contributed by atoms with E-state index in [4.69, 9.17) is 0 Å². The van der Waals surface area contributed by atoms with Crippen LogP contribution in [0.25, 0.3) is 0 Å². The molecule has 0 spiro atoms. The number of anilines is 1. The van der Waals surface area contributed by atoms with E-state index in [0.29, 0.717) is 28.8 Å². The van der Waals surface area contributed by atoms with Crippen molar-refractivity contribution in [2.75, 3.05) is 24.5 Å². The average molecular weight is 367 g/mol. The molecule has 3 fully saturated rings. The van der Waals surface area contributed by atoms with E-state index >= 15 is 0 Å². The summed E-state index contributed by atoms with van der Waals surface area (Å²) in [6.07, 6.45) is -1.92. The number of amides is 1. The molecule has 1 aromatic rings. The van der Waals surface area contributed by atoms with Crippen LogP contribution in [0.15, 0.2) is 30.3 Å². The molecule has 4 nitrogen and oxygen atoms in total. The van der Waals surface area contributed by atoms with Crippen molar-refractivity contribution in [3.05, 3.63) is 30.3 Å². The number of hydrogen-bond acceptors (Lipinski definition) is 3. The van der Waals surface area contributed by atoms with Crippen molar-refractivity contribution < 1.29 is 18.0 Å². The van der Waals surface area contributed by atoms with Crippen LogP contribution in [0.3, 0.4) is 0 Å². The molecular formula is C19H24F3N3O. The molecule has 2 aliphatic heterocycles. The lowest BCUT2D eigenvalue weighted by Crippen LogP contribution is -2.54. The lowest BCUT2D eigenvalue weighted by Gasteiger charge is -2.37. The summed E-state index contributed by atoms with van der Waals surface area (Å²) in [6.45, 7) is 1.68. The van der Waals surface area contributed by atoms with Crippen molar-refractivity contribution >= 4 is 11.6 Å². The van der Waals surface area contributed by atoms with Crippen LogP contribution in [0.5, 0.6) is 0 Å². The van der Waals surface area contributed by atoms with Crippen molar-refractivity contribution in [3.8, 4) is 0 Å². The van der Waals surface area contributed by atoms with E-state index in [1.54, 1.807) is 4.90 Å². The summed E-state index contributed by atoms with van der Waals surface area (Å²) in [5.41, 5.74) is 0.712. The maximum absolute atomic E-state index is 13.4. The van der Waals surface area contributed by atoms with Crippen LogP contribution in [-0.2, 0) is 4.79 Å². The van der Waals surface area contributed by atoms with Crippen LogP contribution >= 0.6 is 0 Å². The highest BCUT2D eigenvalue weighted by Crippen LogP contribution is 2.41. The highest BCUT2D eigenvalue weighted by atomic mass is 19.4. The number of likely N-dealkylation sites (tertiary alicyclic amines) is 1. The molecule has 4 atom stereocenters. The van der Waals surface area contributed by atoms with E-state index in [9.17, 15) is 18.0 Å². The van der Waals surface area contributed by atoms with Crippen LogP contribution in [-0.4, -0.2) is 48.8 Å². The Labute approximate surface area is 151 Å². The molecule has 7 heteroatoms. The number of para-hydroxylation sites is 1. The lowest BCUT2D eigenvalue weighted by atomic mass is 9.95. The summed E-state index contributed by atoms with van der Waals surface area (Å²) in [4.78, 5) is 15.5. The number of alkyl halides is 3. The van der Waals surface area contributed by atoms with Gasteiger partial charge in [-0.15, -0.1) is 0 Å². The van der Waals surface area contributed by atoms with Gasteiger partial charge in [0.2, 0.25) is 5.91 Å². The fraction of sp³-hybridized carbons (Fsp3) is 0.632. The third-order valence-electron chi connectivity index (χ3n) is 6.19. The Morgan fingerprint density at radius 3 is 2.62 bits per heavy atom. The molecule has 2 heterocycles. The third kappa shape index (κ3) is 3.11. The second-order valence-electron chi connectivity index (χ2n) is 7.59. The molecular weight excluding hydrogens is 343 g/mol. The van der Waals surface area contributed by atoms with Gasteiger partial charge in [-0.05, 0) is 56.2 Å². The number of hydrogen-bond donors (Lipinski definition) is 1. The SMILES string of the molecule is O=C([C@@H]1CCCN1C(F)(F)F)N(c1ccccc1)C1CCC2CNCC21. The number of carbonyl (C=O) groups excluding carboxylic acids is 1. The van der Waals surface area contributed by atoms with Gasteiger partial charge in [0.05, 0.1) is 6.04 Å². The fourth-order valence-corrected chi connectivity index (χ4v) is 5.00. The number of benzene rings is 1. The summed E-state index contributed by atoms with van der Waals surface area (Å²) in [5.74, 6) is 0.435. The highest BCUT2D eigenvalue weighted by molar-refractivity contribution is 5.98. The zero-order valence-corrected chi connectivity index (χ0v) is 14.6. The number of fused-ring (bicyclic) bond motifs is 1. The Kier molecular flexibility index (Phi) is 4.69. The van der Waals surface area contributed by atoms with Gasteiger partial charge in [-0.2, -0.15) is 13.2 Å². The number of nitrogens with zero attached hydrogens (tertiary/aromatic N) is 2. The molecule has 1 amide bonds. The van der Waals surface area contributed by atoms with Crippen molar-refractivity contribution in [1.82, 2.24) is 10.2 Å². The maximum Gasteiger partial charge on any atom is 0.460 e. The maximum atomic E-state index is 13.4. The Bertz CT molecular complexity index is 651. The number of rotatable bonds is 3. The van der Waals surface area contributed by atoms with Gasteiger partial charge in [0, 0.05) is 24.8 Å². The molecule has 1 saturated carbocycles. The summed E-state index contributed by atoms with van der Waals surface area (Å²) in [5, 5.41) is 3.37. The molecule has 1 aromatic carbocycles. The molecule has 4 rings (SSSR count). The van der Waals surface area contributed by atoms with Crippen LogP contribution < -0.4 is 10.2 Å². The van der Waals surface area contributed by atoms with Gasteiger partial charge in [-0.25, -0.2) is 4.90 Å². The second kappa shape index (κ2) is 6.85. The molecule has 0 bridgehead atoms. The first-order valence-electron chi connectivity index (χ1n) is 9.39. The van der Waals surface area contributed by atoms with E-state index in [1.807, 2.05) is 30.3 Å². The van der Waals surface area contributed by atoms with Crippen LogP contribution in [0, 0.1) is 11.8 Å². The van der Waals surface area contributed by atoms with Gasteiger partial charge in [0.25, 0.3) is 0 Å². The first-order chi connectivity index (χ1) is 12.5.